The Kier molecular flexibility index (Phi) is 5.49. The normalized spacial score (nSPS) is 21.4. The number of hydrogen-bond acceptors (Lipinski definition) is 4. The van der Waals surface area contributed by atoms with Gasteiger partial charge >= 0.3 is 0 Å². The van der Waals surface area contributed by atoms with Gasteiger partial charge in [-0.15, -0.1) is 12.4 Å². The van der Waals surface area contributed by atoms with Crippen LogP contribution in [-0.2, 0) is 4.79 Å². The van der Waals surface area contributed by atoms with E-state index in [0.29, 0.717) is 29.5 Å². The second-order valence-corrected chi connectivity index (χ2v) is 6.06. The minimum absolute atomic E-state index is 0. The van der Waals surface area contributed by atoms with Gasteiger partial charge in [0.05, 0.1) is 5.69 Å². The van der Waals surface area contributed by atoms with Gasteiger partial charge in [-0.25, -0.2) is 0 Å². The number of fused-ring (bicyclic) bond motifs is 1. The van der Waals surface area contributed by atoms with Gasteiger partial charge in [0, 0.05) is 24.7 Å². The SMILES string of the molecule is CC(N)C1CCCN(C(=O)c2ccc3c(c2)NC(=O)CO3)C1.Cl. The van der Waals surface area contributed by atoms with E-state index in [-0.39, 0.29) is 36.9 Å². The van der Waals surface area contributed by atoms with Crippen LogP contribution in [-0.4, -0.2) is 42.5 Å². The molecule has 126 valence electrons. The van der Waals surface area contributed by atoms with E-state index in [0.717, 1.165) is 19.4 Å². The van der Waals surface area contributed by atoms with Crippen LogP contribution in [0.3, 0.4) is 0 Å². The van der Waals surface area contributed by atoms with E-state index < -0.39 is 0 Å². The number of amides is 2. The monoisotopic (exact) mass is 339 g/mol. The first-order valence-corrected chi connectivity index (χ1v) is 7.66. The van der Waals surface area contributed by atoms with Crippen molar-refractivity contribution in [1.82, 2.24) is 4.90 Å². The van der Waals surface area contributed by atoms with Crippen LogP contribution in [0.4, 0.5) is 5.69 Å². The summed E-state index contributed by atoms with van der Waals surface area (Å²) in [6.45, 7) is 3.45. The highest BCUT2D eigenvalue weighted by molar-refractivity contribution is 5.99. The first kappa shape index (κ1) is 17.6. The predicted octanol–water partition coefficient (Wildman–Crippen LogP) is 1.64. The topological polar surface area (TPSA) is 84.7 Å². The maximum atomic E-state index is 12.7. The lowest BCUT2D eigenvalue weighted by atomic mass is 9.92. The molecular weight excluding hydrogens is 318 g/mol. The van der Waals surface area contributed by atoms with Gasteiger partial charge in [0.15, 0.2) is 6.61 Å². The van der Waals surface area contributed by atoms with Gasteiger partial charge in [-0.2, -0.15) is 0 Å². The molecular formula is C16H22ClN3O3. The van der Waals surface area contributed by atoms with Crippen molar-refractivity contribution in [3.05, 3.63) is 23.8 Å². The number of ether oxygens (including phenoxy) is 1. The van der Waals surface area contributed by atoms with E-state index in [1.54, 1.807) is 18.2 Å². The second kappa shape index (κ2) is 7.19. The number of hydrogen-bond donors (Lipinski definition) is 2. The van der Waals surface area contributed by atoms with Gasteiger partial charge in [-0.05, 0) is 43.9 Å². The van der Waals surface area contributed by atoms with Crippen LogP contribution in [0.2, 0.25) is 0 Å². The van der Waals surface area contributed by atoms with Crippen molar-refractivity contribution in [3.63, 3.8) is 0 Å². The Morgan fingerprint density at radius 3 is 3.00 bits per heavy atom. The van der Waals surface area contributed by atoms with E-state index in [9.17, 15) is 9.59 Å². The molecule has 2 unspecified atom stereocenters. The lowest BCUT2D eigenvalue weighted by Gasteiger charge is -2.34. The molecule has 1 aromatic rings. The molecule has 2 aliphatic heterocycles. The minimum atomic E-state index is -0.202. The molecule has 1 saturated heterocycles. The Hall–Kier alpha value is -1.79. The maximum absolute atomic E-state index is 12.7. The van der Waals surface area contributed by atoms with Gasteiger partial charge in [-0.1, -0.05) is 0 Å². The molecule has 0 aromatic heterocycles. The molecule has 2 atom stereocenters. The Morgan fingerprint density at radius 2 is 2.26 bits per heavy atom. The van der Waals surface area contributed by atoms with Crippen molar-refractivity contribution in [2.75, 3.05) is 25.0 Å². The Balaban J connectivity index is 0.00000192. The third kappa shape index (κ3) is 3.76. The average Bonchev–Trinajstić information content (AvgIpc) is 2.53. The van der Waals surface area contributed by atoms with Crippen molar-refractivity contribution < 1.29 is 14.3 Å². The standard InChI is InChI=1S/C16H21N3O3.ClH/c1-10(17)12-3-2-6-19(8-12)16(21)11-4-5-14-13(7-11)18-15(20)9-22-14;/h4-5,7,10,12H,2-3,6,8-9,17H2,1H3,(H,18,20);1H. The molecule has 23 heavy (non-hydrogen) atoms. The van der Waals surface area contributed by atoms with E-state index >= 15 is 0 Å². The van der Waals surface area contributed by atoms with E-state index in [4.69, 9.17) is 10.5 Å². The van der Waals surface area contributed by atoms with Gasteiger partial charge < -0.3 is 20.7 Å². The van der Waals surface area contributed by atoms with Crippen LogP contribution in [0, 0.1) is 5.92 Å². The number of nitrogens with zero attached hydrogens (tertiary/aromatic N) is 1. The zero-order valence-electron chi connectivity index (χ0n) is 13.1. The van der Waals surface area contributed by atoms with Crippen LogP contribution >= 0.6 is 12.4 Å². The van der Waals surface area contributed by atoms with Gasteiger partial charge in [0.1, 0.15) is 5.75 Å². The fraction of sp³-hybridized carbons (Fsp3) is 0.500. The number of benzene rings is 1. The number of halogens is 1. The summed E-state index contributed by atoms with van der Waals surface area (Å²) in [5, 5.41) is 2.73. The summed E-state index contributed by atoms with van der Waals surface area (Å²) < 4.78 is 5.31. The van der Waals surface area contributed by atoms with Gasteiger partial charge in [0.25, 0.3) is 11.8 Å². The molecule has 3 rings (SSSR count). The summed E-state index contributed by atoms with van der Waals surface area (Å²) in [5.41, 5.74) is 7.10. The highest BCUT2D eigenvalue weighted by atomic mass is 35.5. The number of rotatable bonds is 2. The summed E-state index contributed by atoms with van der Waals surface area (Å²) >= 11 is 0. The predicted molar refractivity (Wildman–Crippen MR) is 90.1 cm³/mol. The number of anilines is 1. The van der Waals surface area contributed by atoms with Crippen molar-refractivity contribution in [1.29, 1.82) is 0 Å². The number of piperidine rings is 1. The van der Waals surface area contributed by atoms with Crippen molar-refractivity contribution in [2.45, 2.75) is 25.8 Å². The molecule has 0 radical (unpaired) electrons. The molecule has 3 N–H and O–H groups in total. The molecule has 6 nitrogen and oxygen atoms in total. The molecule has 1 aromatic carbocycles. The van der Waals surface area contributed by atoms with E-state index in [2.05, 4.69) is 5.32 Å². The molecule has 0 aliphatic carbocycles. The minimum Gasteiger partial charge on any atom is -0.482 e. The smallest absolute Gasteiger partial charge is 0.262 e. The van der Waals surface area contributed by atoms with Gasteiger partial charge in [0.2, 0.25) is 0 Å². The number of carbonyl (C=O) groups is 2. The largest absolute Gasteiger partial charge is 0.482 e. The summed E-state index contributed by atoms with van der Waals surface area (Å²) in [4.78, 5) is 25.9. The molecule has 7 heteroatoms. The number of likely N-dealkylation sites (tertiary alicyclic amines) is 1. The van der Waals surface area contributed by atoms with Crippen molar-refractivity contribution in [2.24, 2.45) is 11.7 Å². The van der Waals surface area contributed by atoms with Crippen LogP contribution in [0.1, 0.15) is 30.1 Å². The first-order valence-electron chi connectivity index (χ1n) is 7.66. The van der Waals surface area contributed by atoms with Crippen molar-refractivity contribution in [3.8, 4) is 5.75 Å². The first-order chi connectivity index (χ1) is 10.5. The molecule has 2 aliphatic rings. The quantitative estimate of drug-likeness (QED) is 0.857. The number of nitrogens with one attached hydrogen (secondary N) is 1. The molecule has 2 amide bonds. The number of nitrogens with two attached hydrogens (primary N) is 1. The molecule has 0 saturated carbocycles. The Bertz CT molecular complexity index is 606. The average molecular weight is 340 g/mol. The van der Waals surface area contributed by atoms with Gasteiger partial charge in [-0.3, -0.25) is 9.59 Å². The van der Waals surface area contributed by atoms with Crippen LogP contribution in [0.25, 0.3) is 0 Å². The van der Waals surface area contributed by atoms with E-state index in [1.807, 2.05) is 11.8 Å². The molecule has 0 bridgehead atoms. The number of carbonyl (C=O) groups excluding carboxylic acids is 2. The highest BCUT2D eigenvalue weighted by Gasteiger charge is 2.27. The second-order valence-electron chi connectivity index (χ2n) is 6.06. The third-order valence-electron chi connectivity index (χ3n) is 4.35. The molecule has 2 heterocycles. The third-order valence-corrected chi connectivity index (χ3v) is 4.35. The molecule has 1 fully saturated rings. The Morgan fingerprint density at radius 1 is 1.48 bits per heavy atom. The van der Waals surface area contributed by atoms with Crippen molar-refractivity contribution >= 4 is 29.9 Å². The van der Waals surface area contributed by atoms with Crippen LogP contribution < -0.4 is 15.8 Å². The maximum Gasteiger partial charge on any atom is 0.262 e. The summed E-state index contributed by atoms with van der Waals surface area (Å²) in [6.07, 6.45) is 2.04. The highest BCUT2D eigenvalue weighted by Crippen LogP contribution is 2.29. The van der Waals surface area contributed by atoms with Crippen LogP contribution in [0.5, 0.6) is 5.75 Å². The fourth-order valence-electron chi connectivity index (χ4n) is 3.02. The zero-order valence-corrected chi connectivity index (χ0v) is 13.9. The fourth-order valence-corrected chi connectivity index (χ4v) is 3.02. The lowest BCUT2D eigenvalue weighted by Crippen LogP contribution is -2.45. The lowest BCUT2D eigenvalue weighted by molar-refractivity contribution is -0.118. The van der Waals surface area contributed by atoms with E-state index in [1.165, 1.54) is 0 Å². The molecule has 0 spiro atoms. The summed E-state index contributed by atoms with van der Waals surface area (Å²) in [5.74, 6) is 0.724. The summed E-state index contributed by atoms with van der Waals surface area (Å²) in [7, 11) is 0. The Labute approximate surface area is 141 Å². The van der Waals surface area contributed by atoms with Crippen LogP contribution in [0.15, 0.2) is 18.2 Å². The summed E-state index contributed by atoms with van der Waals surface area (Å²) in [6, 6.07) is 5.25. The zero-order chi connectivity index (χ0) is 15.7.